The number of hydrogen-bond acceptors (Lipinski definition) is 1. The highest BCUT2D eigenvalue weighted by Gasteiger charge is 2.18. The van der Waals surface area contributed by atoms with Crippen LogP contribution in [0.15, 0.2) is 54.6 Å². The van der Waals surface area contributed by atoms with Crippen LogP contribution in [0.25, 0.3) is 0 Å². The lowest BCUT2D eigenvalue weighted by Crippen LogP contribution is -2.27. The lowest BCUT2D eigenvalue weighted by atomic mass is 10.0. The highest BCUT2D eigenvalue weighted by atomic mass is 16.1. The van der Waals surface area contributed by atoms with Gasteiger partial charge in [0.05, 0.1) is 0 Å². The second kappa shape index (κ2) is 5.19. The van der Waals surface area contributed by atoms with Gasteiger partial charge in [-0.1, -0.05) is 48.5 Å². The van der Waals surface area contributed by atoms with Crippen LogP contribution in [0, 0.1) is 0 Å². The van der Waals surface area contributed by atoms with E-state index in [1.165, 1.54) is 11.1 Å². The number of carbonyl (C=O) groups excluding carboxylic acids is 1. The number of Topliss-reactive ketones (excluding diaryl/α,β-unsaturated/α-hetero) is 1. The fourth-order valence-corrected chi connectivity index (χ4v) is 2.44. The minimum absolute atomic E-state index is 0.177. The highest BCUT2D eigenvalue weighted by Crippen LogP contribution is 2.11. The molecule has 0 spiro atoms. The second-order valence-electron chi connectivity index (χ2n) is 4.84. The summed E-state index contributed by atoms with van der Waals surface area (Å²) in [6.45, 7) is 1.37. The molecule has 19 heavy (non-hydrogen) atoms. The Bertz CT molecular complexity index is 629. The van der Waals surface area contributed by atoms with Crippen molar-refractivity contribution in [2.75, 3.05) is 13.1 Å². The predicted octanol–water partition coefficient (Wildman–Crippen LogP) is 2.56. The zero-order valence-electron chi connectivity index (χ0n) is 10.8. The molecular weight excluding hydrogens is 234 g/mol. The molecule has 0 amide bonds. The molecule has 0 aliphatic carbocycles. The van der Waals surface area contributed by atoms with Gasteiger partial charge in [0.2, 0.25) is 12.3 Å². The second-order valence-corrected chi connectivity index (χ2v) is 4.84. The van der Waals surface area contributed by atoms with Gasteiger partial charge < -0.3 is 0 Å². The summed E-state index contributed by atoms with van der Waals surface area (Å²) in [5.74, 6) is 0.177. The van der Waals surface area contributed by atoms with Crippen molar-refractivity contribution in [3.8, 4) is 0 Å². The van der Waals surface area contributed by atoms with Gasteiger partial charge in [0, 0.05) is 17.5 Å². The van der Waals surface area contributed by atoms with Crippen molar-refractivity contribution >= 4 is 12.0 Å². The first-order valence-electron chi connectivity index (χ1n) is 6.58. The van der Waals surface area contributed by atoms with Crippen LogP contribution in [-0.4, -0.2) is 29.7 Å². The third kappa shape index (κ3) is 2.63. The van der Waals surface area contributed by atoms with Gasteiger partial charge in [-0.25, -0.2) is 4.58 Å². The van der Waals surface area contributed by atoms with E-state index in [0.717, 1.165) is 18.5 Å². The van der Waals surface area contributed by atoms with Gasteiger partial charge in [-0.05, 0) is 11.6 Å². The maximum Gasteiger partial charge on any atom is 0.227 e. The first-order chi connectivity index (χ1) is 9.33. The fraction of sp³-hybridized carbons (Fsp3) is 0.176. The van der Waals surface area contributed by atoms with Gasteiger partial charge in [0.15, 0.2) is 6.21 Å². The molecule has 0 unspecified atom stereocenters. The monoisotopic (exact) mass is 250 g/mol. The summed E-state index contributed by atoms with van der Waals surface area (Å²) in [4.78, 5) is 12.2. The molecule has 2 nitrogen and oxygen atoms in total. The quantitative estimate of drug-likeness (QED) is 0.605. The predicted molar refractivity (Wildman–Crippen MR) is 76.1 cm³/mol. The van der Waals surface area contributed by atoms with E-state index in [0.29, 0.717) is 6.54 Å². The molecule has 1 aliphatic rings. The normalized spacial score (nSPS) is 13.6. The molecule has 0 atom stereocenters. The Labute approximate surface area is 113 Å². The number of carbonyl (C=O) groups is 1. The molecule has 0 saturated carbocycles. The van der Waals surface area contributed by atoms with Crippen molar-refractivity contribution in [1.29, 1.82) is 0 Å². The van der Waals surface area contributed by atoms with Crippen LogP contribution in [-0.2, 0) is 6.42 Å². The molecule has 2 aromatic rings. The van der Waals surface area contributed by atoms with Crippen LogP contribution in [0.2, 0.25) is 0 Å². The van der Waals surface area contributed by atoms with E-state index < -0.39 is 0 Å². The van der Waals surface area contributed by atoms with Crippen molar-refractivity contribution in [3.05, 3.63) is 71.3 Å². The molecule has 0 aromatic heterocycles. The molecule has 0 bridgehead atoms. The fourth-order valence-electron chi connectivity index (χ4n) is 2.44. The molecule has 1 aliphatic heterocycles. The van der Waals surface area contributed by atoms with E-state index in [9.17, 15) is 4.79 Å². The van der Waals surface area contributed by atoms with Crippen molar-refractivity contribution in [2.45, 2.75) is 6.42 Å². The molecule has 94 valence electrons. The Morgan fingerprint density at radius 3 is 2.58 bits per heavy atom. The van der Waals surface area contributed by atoms with E-state index in [1.807, 2.05) is 36.4 Å². The van der Waals surface area contributed by atoms with Gasteiger partial charge in [-0.2, -0.15) is 0 Å². The maximum atomic E-state index is 12.2. The average molecular weight is 250 g/mol. The summed E-state index contributed by atoms with van der Waals surface area (Å²) in [7, 11) is 0. The Morgan fingerprint density at radius 2 is 1.74 bits per heavy atom. The van der Waals surface area contributed by atoms with Crippen molar-refractivity contribution < 1.29 is 9.37 Å². The Balaban J connectivity index is 1.79. The minimum atomic E-state index is 0.177. The zero-order chi connectivity index (χ0) is 13.1. The van der Waals surface area contributed by atoms with E-state index >= 15 is 0 Å². The molecule has 0 fully saturated rings. The number of rotatable bonds is 3. The molecular formula is C17H16NO+. The maximum absolute atomic E-state index is 12.2. The zero-order valence-corrected chi connectivity index (χ0v) is 10.8. The molecule has 0 radical (unpaired) electrons. The number of fused-ring (bicyclic) bond motifs is 1. The lowest BCUT2D eigenvalue weighted by Gasteiger charge is -2.11. The minimum Gasteiger partial charge on any atom is -0.287 e. The summed E-state index contributed by atoms with van der Waals surface area (Å²) in [6, 6.07) is 17.9. The Hall–Kier alpha value is -2.22. The molecule has 3 rings (SSSR count). The van der Waals surface area contributed by atoms with Crippen LogP contribution in [0.5, 0.6) is 0 Å². The molecule has 2 heteroatoms. The van der Waals surface area contributed by atoms with Crippen LogP contribution >= 0.6 is 0 Å². The summed E-state index contributed by atoms with van der Waals surface area (Å²) < 4.78 is 2.11. The molecule has 0 saturated heterocycles. The van der Waals surface area contributed by atoms with Crippen molar-refractivity contribution in [2.24, 2.45) is 0 Å². The van der Waals surface area contributed by atoms with E-state index in [4.69, 9.17) is 0 Å². The molecule has 0 N–H and O–H groups in total. The van der Waals surface area contributed by atoms with Crippen LogP contribution in [0.3, 0.4) is 0 Å². The standard InChI is InChI=1S/C17H16NO/c19-17(15-7-2-1-3-8-15)13-18-11-10-14-6-4-5-9-16(14)12-18/h1-9,12H,10-11,13H2/q+1. The highest BCUT2D eigenvalue weighted by molar-refractivity contribution is 5.97. The van der Waals surface area contributed by atoms with Crippen molar-refractivity contribution in [3.63, 3.8) is 0 Å². The van der Waals surface area contributed by atoms with Gasteiger partial charge in [-0.15, -0.1) is 0 Å². The van der Waals surface area contributed by atoms with Gasteiger partial charge >= 0.3 is 0 Å². The Morgan fingerprint density at radius 1 is 1.00 bits per heavy atom. The molecule has 2 aromatic carbocycles. The van der Waals surface area contributed by atoms with Gasteiger partial charge in [0.1, 0.15) is 6.54 Å². The first-order valence-corrected chi connectivity index (χ1v) is 6.58. The number of hydrogen-bond donors (Lipinski definition) is 0. The van der Waals surface area contributed by atoms with Crippen LogP contribution < -0.4 is 0 Å². The topological polar surface area (TPSA) is 20.1 Å². The molecule has 1 heterocycles. The third-order valence-electron chi connectivity index (χ3n) is 3.49. The summed E-state index contributed by atoms with van der Waals surface area (Å²) >= 11 is 0. The summed E-state index contributed by atoms with van der Waals surface area (Å²) in [5, 5.41) is 0. The van der Waals surface area contributed by atoms with E-state index in [2.05, 4.69) is 29.0 Å². The Kier molecular flexibility index (Phi) is 3.23. The largest absolute Gasteiger partial charge is 0.287 e. The van der Waals surface area contributed by atoms with Crippen molar-refractivity contribution in [1.82, 2.24) is 0 Å². The number of benzene rings is 2. The van der Waals surface area contributed by atoms with E-state index in [-0.39, 0.29) is 5.78 Å². The number of nitrogens with zero attached hydrogens (tertiary/aromatic N) is 1. The summed E-state index contributed by atoms with van der Waals surface area (Å²) in [5.41, 5.74) is 3.38. The average Bonchev–Trinajstić information content (AvgIpc) is 2.48. The van der Waals surface area contributed by atoms with Crippen LogP contribution in [0.1, 0.15) is 21.5 Å². The SMILES string of the molecule is O=C(C[N+]1=Cc2ccccc2CC1)c1ccccc1. The smallest absolute Gasteiger partial charge is 0.227 e. The summed E-state index contributed by atoms with van der Waals surface area (Å²) in [6.07, 6.45) is 3.11. The van der Waals surface area contributed by atoms with E-state index in [1.54, 1.807) is 0 Å². The first kappa shape index (κ1) is 11.8. The van der Waals surface area contributed by atoms with Crippen LogP contribution in [0.4, 0.5) is 0 Å². The number of ketones is 1. The lowest BCUT2D eigenvalue weighted by molar-refractivity contribution is -0.510. The van der Waals surface area contributed by atoms with Gasteiger partial charge in [0.25, 0.3) is 0 Å². The van der Waals surface area contributed by atoms with Gasteiger partial charge in [-0.3, -0.25) is 4.79 Å². The third-order valence-corrected chi connectivity index (χ3v) is 3.49.